The van der Waals surface area contributed by atoms with Crippen LogP contribution in [-0.2, 0) is 9.47 Å². The third-order valence-corrected chi connectivity index (χ3v) is 1.92. The van der Waals surface area contributed by atoms with Crippen LogP contribution in [0.25, 0.3) is 0 Å². The first-order valence-electron chi connectivity index (χ1n) is 5.11. The van der Waals surface area contributed by atoms with Gasteiger partial charge in [0.1, 0.15) is 6.61 Å². The summed E-state index contributed by atoms with van der Waals surface area (Å²) in [6, 6.07) is 0. The second-order valence-corrected chi connectivity index (χ2v) is 3.96. The van der Waals surface area contributed by atoms with Gasteiger partial charge >= 0.3 is 30.6 Å². The van der Waals surface area contributed by atoms with E-state index in [9.17, 15) is 61.5 Å². The number of hydrogen-bond acceptors (Lipinski definition) is 2. The van der Waals surface area contributed by atoms with Crippen molar-refractivity contribution in [3.05, 3.63) is 0 Å². The van der Waals surface area contributed by atoms with Crippen LogP contribution >= 0.6 is 0 Å². The maximum atomic E-state index is 12.8. The van der Waals surface area contributed by atoms with Crippen LogP contribution in [-0.4, -0.2) is 49.6 Å². The van der Waals surface area contributed by atoms with Crippen LogP contribution in [0.2, 0.25) is 0 Å². The number of rotatable bonds is 6. The molecule has 0 bridgehead atoms. The Bertz CT molecular complexity index is 406. The molecule has 2 nitrogen and oxygen atoms in total. The number of alkyl halides is 14. The fourth-order valence-corrected chi connectivity index (χ4v) is 0.923. The van der Waals surface area contributed by atoms with Crippen LogP contribution < -0.4 is 0 Å². The quantitative estimate of drug-likeness (QED) is 0.481. The standard InChI is InChI=1S/C8H4F14O2/c9-2(5(13,14)8(20,21)22)7(18,19)24-3(6(15,16)17)23-1-4(10,11)12/h2-3H,1H2. The van der Waals surface area contributed by atoms with Crippen LogP contribution in [0, 0.1) is 0 Å². The fourth-order valence-electron chi connectivity index (χ4n) is 0.923. The van der Waals surface area contributed by atoms with Crippen molar-refractivity contribution in [2.24, 2.45) is 0 Å². The van der Waals surface area contributed by atoms with Crippen molar-refractivity contribution in [3.63, 3.8) is 0 Å². The van der Waals surface area contributed by atoms with Crippen LogP contribution in [0.4, 0.5) is 61.5 Å². The molecule has 0 aliphatic carbocycles. The van der Waals surface area contributed by atoms with Gasteiger partial charge in [-0.3, -0.25) is 4.74 Å². The predicted octanol–water partition coefficient (Wildman–Crippen LogP) is 4.60. The third-order valence-electron chi connectivity index (χ3n) is 1.92. The molecule has 0 fully saturated rings. The van der Waals surface area contributed by atoms with Crippen LogP contribution in [0.15, 0.2) is 0 Å². The van der Waals surface area contributed by atoms with E-state index in [1.54, 1.807) is 0 Å². The highest BCUT2D eigenvalue weighted by Crippen LogP contribution is 2.46. The molecule has 2 unspecified atom stereocenters. The molecular weight excluding hydrogens is 394 g/mol. The Balaban J connectivity index is 5.38. The van der Waals surface area contributed by atoms with Crippen molar-refractivity contribution in [1.29, 1.82) is 0 Å². The minimum atomic E-state index is -6.94. The van der Waals surface area contributed by atoms with E-state index in [-0.39, 0.29) is 0 Å². The van der Waals surface area contributed by atoms with Gasteiger partial charge in [-0.1, -0.05) is 0 Å². The third kappa shape index (κ3) is 6.10. The van der Waals surface area contributed by atoms with E-state index in [1.807, 2.05) is 0 Å². The molecule has 0 heterocycles. The molecular formula is C8H4F14O2. The van der Waals surface area contributed by atoms with E-state index < -0.39 is 49.6 Å². The van der Waals surface area contributed by atoms with Crippen molar-refractivity contribution >= 4 is 0 Å². The van der Waals surface area contributed by atoms with Crippen molar-refractivity contribution in [2.75, 3.05) is 6.61 Å². The van der Waals surface area contributed by atoms with Gasteiger partial charge in [-0.2, -0.15) is 57.1 Å². The summed E-state index contributed by atoms with van der Waals surface area (Å²) in [5.41, 5.74) is 0. The highest BCUT2D eigenvalue weighted by molar-refractivity contribution is 4.90. The van der Waals surface area contributed by atoms with Gasteiger partial charge in [-0.25, -0.2) is 4.39 Å². The molecule has 0 rings (SSSR count). The van der Waals surface area contributed by atoms with Crippen molar-refractivity contribution in [3.8, 4) is 0 Å². The highest BCUT2D eigenvalue weighted by Gasteiger charge is 2.72. The number of halogens is 14. The van der Waals surface area contributed by atoms with Gasteiger partial charge in [-0.05, 0) is 0 Å². The van der Waals surface area contributed by atoms with Crippen molar-refractivity contribution < 1.29 is 70.9 Å². The SMILES string of the molecule is FC(C(F)(F)OC(OCC(F)(F)F)C(F)(F)F)C(F)(F)C(F)(F)F. The number of ether oxygens (including phenoxy) is 2. The maximum Gasteiger partial charge on any atom is 0.456 e. The molecule has 0 aliphatic rings. The molecule has 0 aromatic heterocycles. The Labute approximate surface area is 122 Å². The Morgan fingerprint density at radius 3 is 1.42 bits per heavy atom. The molecule has 0 aliphatic heterocycles. The summed E-state index contributed by atoms with van der Waals surface area (Å²) in [4.78, 5) is 0. The topological polar surface area (TPSA) is 18.5 Å². The Kier molecular flexibility index (Phi) is 6.39. The molecule has 0 aromatic rings. The zero-order chi connectivity index (χ0) is 19.8. The summed E-state index contributed by atoms with van der Waals surface area (Å²) < 4.78 is 175. The lowest BCUT2D eigenvalue weighted by Gasteiger charge is -2.31. The highest BCUT2D eigenvalue weighted by atomic mass is 19.4. The molecule has 16 heteroatoms. The summed E-state index contributed by atoms with van der Waals surface area (Å²) >= 11 is 0. The van der Waals surface area contributed by atoms with E-state index in [2.05, 4.69) is 9.47 Å². The van der Waals surface area contributed by atoms with E-state index in [1.165, 1.54) is 0 Å². The minimum absolute atomic E-state index is 2.31. The molecule has 0 N–H and O–H groups in total. The lowest BCUT2D eigenvalue weighted by atomic mass is 10.2. The normalized spacial score (nSPS) is 17.8. The Morgan fingerprint density at radius 2 is 1.12 bits per heavy atom. The average molecular weight is 398 g/mol. The zero-order valence-electron chi connectivity index (χ0n) is 10.5. The zero-order valence-corrected chi connectivity index (χ0v) is 10.5. The van der Waals surface area contributed by atoms with Gasteiger partial charge in [-0.15, -0.1) is 0 Å². The summed E-state index contributed by atoms with van der Waals surface area (Å²) in [5, 5.41) is 0. The monoisotopic (exact) mass is 398 g/mol. The second kappa shape index (κ2) is 6.68. The van der Waals surface area contributed by atoms with Gasteiger partial charge in [0.05, 0.1) is 0 Å². The molecule has 0 spiro atoms. The first kappa shape index (κ1) is 22.9. The lowest BCUT2D eigenvalue weighted by Crippen LogP contribution is -2.56. The summed E-state index contributed by atoms with van der Waals surface area (Å²) in [6.07, 6.45) is -35.5. The molecule has 0 saturated heterocycles. The Morgan fingerprint density at radius 1 is 0.708 bits per heavy atom. The average Bonchev–Trinajstić information content (AvgIpc) is 2.29. The lowest BCUT2D eigenvalue weighted by molar-refractivity contribution is -0.431. The molecule has 0 radical (unpaired) electrons. The first-order valence-corrected chi connectivity index (χ1v) is 5.11. The molecule has 0 saturated carbocycles. The predicted molar refractivity (Wildman–Crippen MR) is 43.8 cm³/mol. The summed E-state index contributed by atoms with van der Waals surface area (Å²) in [7, 11) is 0. The smallest absolute Gasteiger partial charge is 0.335 e. The van der Waals surface area contributed by atoms with Crippen molar-refractivity contribution in [2.45, 2.75) is 43.0 Å². The molecule has 146 valence electrons. The van der Waals surface area contributed by atoms with Crippen LogP contribution in [0.1, 0.15) is 0 Å². The second-order valence-electron chi connectivity index (χ2n) is 3.96. The van der Waals surface area contributed by atoms with Gasteiger partial charge in [0, 0.05) is 0 Å². The van der Waals surface area contributed by atoms with Gasteiger partial charge in [0.15, 0.2) is 0 Å². The van der Waals surface area contributed by atoms with Crippen molar-refractivity contribution in [1.82, 2.24) is 0 Å². The number of hydrogen-bond donors (Lipinski definition) is 0. The summed E-state index contributed by atoms with van der Waals surface area (Å²) in [6.45, 7) is -2.89. The summed E-state index contributed by atoms with van der Waals surface area (Å²) in [5.74, 6) is -6.86. The van der Waals surface area contributed by atoms with E-state index in [4.69, 9.17) is 0 Å². The molecule has 0 aromatic carbocycles. The van der Waals surface area contributed by atoms with E-state index in [0.717, 1.165) is 0 Å². The molecule has 0 amide bonds. The van der Waals surface area contributed by atoms with Gasteiger partial charge < -0.3 is 4.74 Å². The fraction of sp³-hybridized carbons (Fsp3) is 1.00. The van der Waals surface area contributed by atoms with Gasteiger partial charge in [0.25, 0.3) is 12.5 Å². The van der Waals surface area contributed by atoms with E-state index in [0.29, 0.717) is 0 Å². The first-order chi connectivity index (χ1) is 10.2. The Hall–Kier alpha value is -1.06. The van der Waals surface area contributed by atoms with E-state index >= 15 is 0 Å². The largest absolute Gasteiger partial charge is 0.456 e. The molecule has 24 heavy (non-hydrogen) atoms. The van der Waals surface area contributed by atoms with Crippen LogP contribution in [0.5, 0.6) is 0 Å². The van der Waals surface area contributed by atoms with Crippen LogP contribution in [0.3, 0.4) is 0 Å². The maximum absolute atomic E-state index is 12.8. The van der Waals surface area contributed by atoms with Gasteiger partial charge in [0.2, 0.25) is 0 Å². The molecule has 2 atom stereocenters. The minimum Gasteiger partial charge on any atom is -0.335 e.